The Balaban J connectivity index is 1.64. The molecule has 1 aliphatic carbocycles. The van der Waals surface area contributed by atoms with Gasteiger partial charge in [0.1, 0.15) is 23.2 Å². The number of carbonyl (C=O) groups excluding carboxylic acids is 1. The first-order chi connectivity index (χ1) is 14.0. The SMILES string of the molecule is O=C(CCO)CNC1CC(c2c(-c3ccc(F)cc3)[nH]c3c(F)cc(F)cc23)C1. The molecule has 1 fully saturated rings. The molecule has 0 amide bonds. The van der Waals surface area contributed by atoms with Crippen LogP contribution >= 0.6 is 0 Å². The van der Waals surface area contributed by atoms with Crippen LogP contribution < -0.4 is 5.32 Å². The van der Waals surface area contributed by atoms with Crippen molar-refractivity contribution in [3.8, 4) is 11.3 Å². The van der Waals surface area contributed by atoms with E-state index in [1.807, 2.05) is 0 Å². The maximum Gasteiger partial charge on any atom is 0.150 e. The number of rotatable bonds is 7. The minimum absolute atomic E-state index is 0.0513. The Bertz CT molecular complexity index is 1040. The number of halogens is 3. The predicted molar refractivity (Wildman–Crippen MR) is 104 cm³/mol. The molecule has 0 spiro atoms. The fourth-order valence-corrected chi connectivity index (χ4v) is 4.00. The molecule has 3 N–H and O–H groups in total. The van der Waals surface area contributed by atoms with Crippen LogP contribution in [0.1, 0.15) is 30.7 Å². The van der Waals surface area contributed by atoms with Gasteiger partial charge in [0.05, 0.1) is 24.4 Å². The molecule has 0 atom stereocenters. The van der Waals surface area contributed by atoms with Gasteiger partial charge in [0.25, 0.3) is 0 Å². The highest BCUT2D eigenvalue weighted by Gasteiger charge is 2.34. The van der Waals surface area contributed by atoms with E-state index < -0.39 is 11.6 Å². The van der Waals surface area contributed by atoms with Gasteiger partial charge in [-0.2, -0.15) is 0 Å². The number of hydrogen-bond acceptors (Lipinski definition) is 3. The third-order valence-corrected chi connectivity index (χ3v) is 5.52. The predicted octanol–water partition coefficient (Wildman–Crippen LogP) is 4.04. The number of ketones is 1. The Morgan fingerprint density at radius 3 is 2.52 bits per heavy atom. The van der Waals surface area contributed by atoms with Crippen molar-refractivity contribution in [2.45, 2.75) is 31.2 Å². The van der Waals surface area contributed by atoms with Crippen molar-refractivity contribution in [3.63, 3.8) is 0 Å². The van der Waals surface area contributed by atoms with E-state index in [-0.39, 0.29) is 48.6 Å². The lowest BCUT2D eigenvalue weighted by Gasteiger charge is -2.36. The summed E-state index contributed by atoms with van der Waals surface area (Å²) in [5, 5.41) is 12.5. The van der Waals surface area contributed by atoms with Crippen molar-refractivity contribution in [1.29, 1.82) is 0 Å². The van der Waals surface area contributed by atoms with E-state index in [1.54, 1.807) is 12.1 Å². The number of hydrogen-bond donors (Lipinski definition) is 3. The highest BCUT2D eigenvalue weighted by molar-refractivity contribution is 5.92. The first-order valence-electron chi connectivity index (χ1n) is 9.58. The third-order valence-electron chi connectivity index (χ3n) is 5.52. The maximum atomic E-state index is 14.4. The summed E-state index contributed by atoms with van der Waals surface area (Å²) in [5.74, 6) is -1.69. The Kier molecular flexibility index (Phi) is 5.43. The number of aromatic amines is 1. The normalized spacial score (nSPS) is 18.8. The lowest BCUT2D eigenvalue weighted by Crippen LogP contribution is -2.42. The van der Waals surface area contributed by atoms with Crippen molar-refractivity contribution in [3.05, 3.63) is 59.4 Å². The van der Waals surface area contributed by atoms with Crippen LogP contribution in [0.5, 0.6) is 0 Å². The van der Waals surface area contributed by atoms with Crippen LogP contribution in [0.15, 0.2) is 36.4 Å². The number of aromatic nitrogens is 1. The summed E-state index contributed by atoms with van der Waals surface area (Å²) in [6.07, 6.45) is 1.55. The van der Waals surface area contributed by atoms with Crippen molar-refractivity contribution in [2.24, 2.45) is 0 Å². The summed E-state index contributed by atoms with van der Waals surface area (Å²) < 4.78 is 41.6. The largest absolute Gasteiger partial charge is 0.396 e. The minimum Gasteiger partial charge on any atom is -0.396 e. The van der Waals surface area contributed by atoms with Gasteiger partial charge in [0.2, 0.25) is 0 Å². The molecule has 0 bridgehead atoms. The van der Waals surface area contributed by atoms with Crippen molar-refractivity contribution >= 4 is 16.7 Å². The van der Waals surface area contributed by atoms with Crippen LogP contribution in [-0.2, 0) is 4.79 Å². The lowest BCUT2D eigenvalue weighted by molar-refractivity contribution is -0.119. The molecule has 0 saturated heterocycles. The molecule has 1 aliphatic rings. The van der Waals surface area contributed by atoms with E-state index in [0.717, 1.165) is 11.6 Å². The molecular formula is C22H21F3N2O2. The Labute approximate surface area is 165 Å². The fraction of sp³-hybridized carbons (Fsp3) is 0.318. The summed E-state index contributed by atoms with van der Waals surface area (Å²) in [6.45, 7) is 0.0290. The van der Waals surface area contributed by atoms with Crippen molar-refractivity contribution in [2.75, 3.05) is 13.2 Å². The van der Waals surface area contributed by atoms with Gasteiger partial charge in [-0.1, -0.05) is 0 Å². The van der Waals surface area contributed by atoms with Crippen LogP contribution in [-0.4, -0.2) is 35.1 Å². The topological polar surface area (TPSA) is 65.1 Å². The standard InChI is InChI=1S/C22H21F3N2O2/c23-14-3-1-12(2-4-14)21-20(18-9-15(24)10-19(25)22(18)27-21)13-7-16(8-13)26-11-17(29)5-6-28/h1-4,9-10,13,16,26-28H,5-8,11H2. The average Bonchev–Trinajstić information content (AvgIpc) is 3.01. The van der Waals surface area contributed by atoms with Gasteiger partial charge in [-0.05, 0) is 60.2 Å². The van der Waals surface area contributed by atoms with E-state index in [0.29, 0.717) is 29.5 Å². The number of aliphatic hydroxyl groups is 1. The zero-order chi connectivity index (χ0) is 20.5. The molecule has 4 rings (SSSR count). The average molecular weight is 402 g/mol. The Morgan fingerprint density at radius 2 is 1.83 bits per heavy atom. The molecule has 2 aromatic carbocycles. The van der Waals surface area contributed by atoms with Crippen LogP contribution in [0.4, 0.5) is 13.2 Å². The second-order valence-electron chi connectivity index (χ2n) is 7.49. The molecule has 1 heterocycles. The van der Waals surface area contributed by atoms with Gasteiger partial charge in [-0.3, -0.25) is 4.79 Å². The first kappa shape index (κ1) is 19.7. The molecular weight excluding hydrogens is 381 g/mol. The second kappa shape index (κ2) is 8.00. The van der Waals surface area contributed by atoms with E-state index in [4.69, 9.17) is 5.11 Å². The molecule has 0 unspecified atom stereocenters. The summed E-state index contributed by atoms with van der Waals surface area (Å²) >= 11 is 0. The van der Waals surface area contributed by atoms with Crippen molar-refractivity contribution < 1.29 is 23.1 Å². The summed E-state index contributed by atoms with van der Waals surface area (Å²) in [4.78, 5) is 14.6. The Morgan fingerprint density at radius 1 is 1.10 bits per heavy atom. The van der Waals surface area contributed by atoms with Gasteiger partial charge in [0, 0.05) is 23.9 Å². The number of Topliss-reactive ketones (excluding diaryl/α,β-unsaturated/α-hetero) is 1. The van der Waals surface area contributed by atoms with Gasteiger partial charge < -0.3 is 15.4 Å². The second-order valence-corrected chi connectivity index (χ2v) is 7.49. The van der Waals surface area contributed by atoms with E-state index in [9.17, 15) is 18.0 Å². The first-order valence-corrected chi connectivity index (χ1v) is 9.58. The number of fused-ring (bicyclic) bond motifs is 1. The van der Waals surface area contributed by atoms with Crippen LogP contribution in [0.25, 0.3) is 22.2 Å². The maximum absolute atomic E-state index is 14.4. The highest BCUT2D eigenvalue weighted by Crippen LogP contribution is 2.45. The van der Waals surface area contributed by atoms with Crippen LogP contribution in [0, 0.1) is 17.5 Å². The monoisotopic (exact) mass is 402 g/mol. The summed E-state index contributed by atoms with van der Waals surface area (Å²) in [5.41, 5.74) is 2.40. The molecule has 0 radical (unpaired) electrons. The van der Waals surface area contributed by atoms with Gasteiger partial charge in [-0.25, -0.2) is 13.2 Å². The molecule has 4 nitrogen and oxygen atoms in total. The highest BCUT2D eigenvalue weighted by atomic mass is 19.1. The zero-order valence-electron chi connectivity index (χ0n) is 15.6. The number of nitrogens with one attached hydrogen (secondary N) is 2. The molecule has 7 heteroatoms. The lowest BCUT2D eigenvalue weighted by atomic mass is 9.74. The summed E-state index contributed by atoms with van der Waals surface area (Å²) in [7, 11) is 0. The molecule has 29 heavy (non-hydrogen) atoms. The molecule has 1 saturated carbocycles. The molecule has 152 valence electrons. The molecule has 1 aromatic heterocycles. The van der Waals surface area contributed by atoms with Crippen molar-refractivity contribution in [1.82, 2.24) is 10.3 Å². The Hall–Kier alpha value is -2.64. The number of H-pyrrole nitrogens is 1. The van der Waals surface area contributed by atoms with Gasteiger partial charge in [-0.15, -0.1) is 0 Å². The quantitative estimate of drug-likeness (QED) is 0.559. The van der Waals surface area contributed by atoms with E-state index >= 15 is 0 Å². The smallest absolute Gasteiger partial charge is 0.150 e. The molecule has 0 aliphatic heterocycles. The fourth-order valence-electron chi connectivity index (χ4n) is 4.00. The number of benzene rings is 2. The minimum atomic E-state index is -0.668. The number of aliphatic hydroxyl groups excluding tert-OH is 1. The van der Waals surface area contributed by atoms with E-state index in [2.05, 4.69) is 10.3 Å². The zero-order valence-corrected chi connectivity index (χ0v) is 15.6. The van der Waals surface area contributed by atoms with Crippen LogP contribution in [0.2, 0.25) is 0 Å². The van der Waals surface area contributed by atoms with Crippen LogP contribution in [0.3, 0.4) is 0 Å². The van der Waals surface area contributed by atoms with Gasteiger partial charge in [0.15, 0.2) is 0 Å². The molecule has 3 aromatic rings. The van der Waals surface area contributed by atoms with E-state index in [1.165, 1.54) is 18.2 Å². The third kappa shape index (κ3) is 3.93. The van der Waals surface area contributed by atoms with Gasteiger partial charge >= 0.3 is 0 Å². The number of carbonyl (C=O) groups is 1. The summed E-state index contributed by atoms with van der Waals surface area (Å²) in [6, 6.07) is 8.17.